The number of aromatic nitrogens is 2. The first-order valence-electron chi connectivity index (χ1n) is 11.6. The molecular weight excluding hydrogens is 446 g/mol. The molecule has 0 amide bonds. The van der Waals surface area contributed by atoms with Crippen LogP contribution in [-0.4, -0.2) is 27.3 Å². The van der Waals surface area contributed by atoms with Crippen molar-refractivity contribution in [3.63, 3.8) is 0 Å². The van der Waals surface area contributed by atoms with Gasteiger partial charge < -0.3 is 14.9 Å². The Morgan fingerprint density at radius 1 is 1.12 bits per heavy atom. The molecule has 4 aromatic rings. The van der Waals surface area contributed by atoms with Crippen molar-refractivity contribution >= 4 is 17.3 Å². The number of rotatable bonds is 6. The minimum atomic E-state index is -0.678. The van der Waals surface area contributed by atoms with Crippen LogP contribution in [0.25, 0.3) is 34.0 Å². The number of fused-ring (bicyclic) bond motifs is 1. The van der Waals surface area contributed by atoms with Crippen LogP contribution in [0, 0.1) is 12.8 Å². The van der Waals surface area contributed by atoms with Crippen molar-refractivity contribution in [2.75, 3.05) is 0 Å². The van der Waals surface area contributed by atoms with E-state index in [2.05, 4.69) is 69.5 Å². The van der Waals surface area contributed by atoms with Crippen molar-refractivity contribution in [3.8, 4) is 34.0 Å². The maximum Gasteiger partial charge on any atom is 0.306 e. The lowest BCUT2D eigenvalue weighted by Crippen LogP contribution is -2.45. The SMILES string of the molecule is Cc1cc(-c2nc(-c3ccc4c(c3)CC[C@H]4N[C@H]3C[C@H](C(=O)O)C3)no2)ccc1-c1ccsc1. The molecule has 172 valence electrons. The molecule has 0 spiro atoms. The fourth-order valence-corrected chi connectivity index (χ4v) is 5.82. The summed E-state index contributed by atoms with van der Waals surface area (Å²) in [6, 6.07) is 15.3. The number of carboxylic acids is 1. The number of benzene rings is 2. The smallest absolute Gasteiger partial charge is 0.306 e. The van der Waals surface area contributed by atoms with Crippen molar-refractivity contribution in [1.82, 2.24) is 15.5 Å². The van der Waals surface area contributed by atoms with Gasteiger partial charge in [0.15, 0.2) is 0 Å². The lowest BCUT2D eigenvalue weighted by Gasteiger charge is -2.35. The van der Waals surface area contributed by atoms with Crippen molar-refractivity contribution in [1.29, 1.82) is 0 Å². The van der Waals surface area contributed by atoms with Crippen LogP contribution in [0.4, 0.5) is 0 Å². The van der Waals surface area contributed by atoms with E-state index in [-0.39, 0.29) is 12.0 Å². The van der Waals surface area contributed by atoms with Crippen molar-refractivity contribution < 1.29 is 14.4 Å². The number of hydrogen-bond donors (Lipinski definition) is 2. The predicted molar refractivity (Wildman–Crippen MR) is 132 cm³/mol. The highest BCUT2D eigenvalue weighted by Gasteiger charge is 2.36. The fourth-order valence-electron chi connectivity index (χ4n) is 5.17. The van der Waals surface area contributed by atoms with E-state index in [1.807, 2.05) is 6.07 Å². The van der Waals surface area contributed by atoms with Crippen LogP contribution >= 0.6 is 11.3 Å². The van der Waals surface area contributed by atoms with E-state index in [9.17, 15) is 4.79 Å². The second-order valence-electron chi connectivity index (χ2n) is 9.34. The molecule has 2 aliphatic carbocycles. The maximum atomic E-state index is 11.1. The predicted octanol–water partition coefficient (Wildman–Crippen LogP) is 5.88. The Morgan fingerprint density at radius 2 is 1.97 bits per heavy atom. The first kappa shape index (κ1) is 21.3. The average Bonchev–Trinajstić information content (AvgIpc) is 3.56. The summed E-state index contributed by atoms with van der Waals surface area (Å²) in [5, 5.41) is 21.2. The molecule has 6 rings (SSSR count). The van der Waals surface area contributed by atoms with Crippen LogP contribution in [0.2, 0.25) is 0 Å². The molecule has 0 bridgehead atoms. The number of carbonyl (C=O) groups is 1. The molecule has 2 aromatic carbocycles. The zero-order valence-corrected chi connectivity index (χ0v) is 19.6. The standard InChI is InChI=1S/C27H25N3O3S/c1-15-10-18(3-5-22(15)19-8-9-34-14-19)26-29-25(30-33-26)17-2-6-23-16(11-17)4-7-24(23)28-21-12-20(13-21)27(31)32/h2-3,5-6,8-11,14,20-21,24,28H,4,7,12-13H2,1H3,(H,31,32)/t20-,21-,24-/m1/s1. The molecular formula is C27H25N3O3S. The van der Waals surface area contributed by atoms with Crippen LogP contribution in [-0.2, 0) is 11.2 Å². The van der Waals surface area contributed by atoms with Crippen molar-refractivity contribution in [2.45, 2.75) is 44.7 Å². The Balaban J connectivity index is 1.18. The van der Waals surface area contributed by atoms with E-state index in [0.717, 1.165) is 36.8 Å². The second kappa shape index (κ2) is 8.49. The number of carboxylic acid groups (broad SMARTS) is 1. The van der Waals surface area contributed by atoms with Crippen LogP contribution in [0.1, 0.15) is 42.0 Å². The third kappa shape index (κ3) is 3.85. The van der Waals surface area contributed by atoms with Gasteiger partial charge in [0.1, 0.15) is 0 Å². The third-order valence-electron chi connectivity index (χ3n) is 7.13. The molecule has 0 aliphatic heterocycles. The molecule has 0 unspecified atom stereocenters. The summed E-state index contributed by atoms with van der Waals surface area (Å²) in [6.45, 7) is 2.10. The first-order valence-corrected chi connectivity index (χ1v) is 12.6. The van der Waals surface area contributed by atoms with E-state index in [1.165, 1.54) is 27.8 Å². The number of aliphatic carboxylic acids is 1. The van der Waals surface area contributed by atoms with E-state index in [0.29, 0.717) is 17.8 Å². The molecule has 7 heteroatoms. The van der Waals surface area contributed by atoms with Gasteiger partial charge in [-0.2, -0.15) is 16.3 Å². The van der Waals surface area contributed by atoms with Gasteiger partial charge in [-0.1, -0.05) is 23.4 Å². The van der Waals surface area contributed by atoms with Crippen LogP contribution < -0.4 is 5.32 Å². The average molecular weight is 472 g/mol. The lowest BCUT2D eigenvalue weighted by atomic mass is 9.80. The largest absolute Gasteiger partial charge is 0.481 e. The Morgan fingerprint density at radius 3 is 2.74 bits per heavy atom. The number of thiophene rings is 1. The lowest BCUT2D eigenvalue weighted by molar-refractivity contribution is -0.145. The summed E-state index contributed by atoms with van der Waals surface area (Å²) in [6.07, 6.45) is 3.46. The highest BCUT2D eigenvalue weighted by atomic mass is 32.1. The topological polar surface area (TPSA) is 88.2 Å². The van der Waals surface area contributed by atoms with Crippen molar-refractivity contribution in [3.05, 3.63) is 69.9 Å². The molecule has 2 N–H and O–H groups in total. The van der Waals surface area contributed by atoms with Gasteiger partial charge in [-0.25, -0.2) is 0 Å². The Hall–Kier alpha value is -3.29. The summed E-state index contributed by atoms with van der Waals surface area (Å²) < 4.78 is 5.62. The summed E-state index contributed by atoms with van der Waals surface area (Å²) in [5.74, 6) is 0.247. The summed E-state index contributed by atoms with van der Waals surface area (Å²) in [7, 11) is 0. The summed E-state index contributed by atoms with van der Waals surface area (Å²) in [4.78, 5) is 15.7. The number of hydrogen-bond acceptors (Lipinski definition) is 6. The van der Waals surface area contributed by atoms with E-state index < -0.39 is 5.97 Å². The molecule has 34 heavy (non-hydrogen) atoms. The minimum absolute atomic E-state index is 0.191. The quantitative estimate of drug-likeness (QED) is 0.365. The van der Waals surface area contributed by atoms with E-state index in [1.54, 1.807) is 11.3 Å². The van der Waals surface area contributed by atoms with Gasteiger partial charge >= 0.3 is 5.97 Å². The fraction of sp³-hybridized carbons (Fsp3) is 0.296. The van der Waals surface area contributed by atoms with Gasteiger partial charge in [-0.05, 0) is 95.4 Å². The summed E-state index contributed by atoms with van der Waals surface area (Å²) >= 11 is 1.69. The first-order chi connectivity index (χ1) is 16.5. The number of nitrogens with zero attached hydrogens (tertiary/aromatic N) is 2. The van der Waals surface area contributed by atoms with Gasteiger partial charge in [0.05, 0.1) is 5.92 Å². The summed E-state index contributed by atoms with van der Waals surface area (Å²) in [5.41, 5.74) is 8.08. The van der Waals surface area contributed by atoms with Crippen LogP contribution in [0.5, 0.6) is 0 Å². The zero-order chi connectivity index (χ0) is 23.2. The maximum absolute atomic E-state index is 11.1. The zero-order valence-electron chi connectivity index (χ0n) is 18.8. The highest BCUT2D eigenvalue weighted by molar-refractivity contribution is 7.08. The Kier molecular flexibility index (Phi) is 5.31. The molecule has 0 radical (unpaired) electrons. The molecule has 0 saturated heterocycles. The Bertz CT molecular complexity index is 1360. The van der Waals surface area contributed by atoms with E-state index >= 15 is 0 Å². The van der Waals surface area contributed by atoms with Crippen LogP contribution in [0.3, 0.4) is 0 Å². The number of aryl methyl sites for hydroxylation is 2. The van der Waals surface area contributed by atoms with Crippen LogP contribution in [0.15, 0.2) is 57.7 Å². The molecule has 2 aromatic heterocycles. The Labute approximate surface area is 201 Å². The minimum Gasteiger partial charge on any atom is -0.481 e. The van der Waals surface area contributed by atoms with E-state index in [4.69, 9.17) is 9.63 Å². The van der Waals surface area contributed by atoms with Gasteiger partial charge in [-0.15, -0.1) is 0 Å². The van der Waals surface area contributed by atoms with Crippen molar-refractivity contribution in [2.24, 2.45) is 5.92 Å². The molecule has 1 atom stereocenters. The molecule has 2 heterocycles. The van der Waals surface area contributed by atoms with Gasteiger partial charge in [0.25, 0.3) is 5.89 Å². The molecule has 1 fully saturated rings. The number of nitrogens with one attached hydrogen (secondary N) is 1. The van der Waals surface area contributed by atoms with Gasteiger partial charge in [-0.3, -0.25) is 4.79 Å². The second-order valence-corrected chi connectivity index (χ2v) is 10.1. The highest BCUT2D eigenvalue weighted by Crippen LogP contribution is 2.37. The third-order valence-corrected chi connectivity index (χ3v) is 7.82. The molecule has 6 nitrogen and oxygen atoms in total. The van der Waals surface area contributed by atoms with Gasteiger partial charge in [0, 0.05) is 23.2 Å². The monoisotopic (exact) mass is 471 g/mol. The molecule has 1 saturated carbocycles. The molecule has 2 aliphatic rings. The normalized spacial score (nSPS) is 21.3. The van der Waals surface area contributed by atoms with Gasteiger partial charge in [0.2, 0.25) is 5.82 Å².